The first-order valence-corrected chi connectivity index (χ1v) is 10.1. The third-order valence-electron chi connectivity index (χ3n) is 4.27. The number of ether oxygens (including phenoxy) is 1. The first-order chi connectivity index (χ1) is 14.5. The molecule has 0 aliphatic rings. The molecule has 1 unspecified atom stereocenters. The maximum Gasteiger partial charge on any atom is 0.317 e. The summed E-state index contributed by atoms with van der Waals surface area (Å²) in [7, 11) is 4.84. The largest absolute Gasteiger partial charge is 0.497 e. The highest BCUT2D eigenvalue weighted by molar-refractivity contribution is 7.18. The molecule has 0 saturated heterocycles. The third kappa shape index (κ3) is 5.54. The molecule has 3 aromatic rings. The van der Waals surface area contributed by atoms with Crippen LogP contribution in [0.4, 0.5) is 9.93 Å². The molecule has 0 aliphatic carbocycles. The van der Waals surface area contributed by atoms with Crippen LogP contribution in [0.1, 0.15) is 5.56 Å². The smallest absolute Gasteiger partial charge is 0.317 e. The van der Waals surface area contributed by atoms with Gasteiger partial charge in [-0.15, -0.1) is 10.2 Å². The fraction of sp³-hybridized carbons (Fsp3) is 0.238. The Hall–Kier alpha value is -3.46. The van der Waals surface area contributed by atoms with E-state index in [-0.39, 0.29) is 11.9 Å². The molecule has 0 bridgehead atoms. The number of anilines is 1. The quantitative estimate of drug-likeness (QED) is 0.607. The summed E-state index contributed by atoms with van der Waals surface area (Å²) in [4.78, 5) is 26.4. The van der Waals surface area contributed by atoms with E-state index < -0.39 is 6.04 Å². The summed E-state index contributed by atoms with van der Waals surface area (Å²) in [5.41, 5.74) is 1.78. The van der Waals surface area contributed by atoms with Gasteiger partial charge in [-0.1, -0.05) is 53.8 Å². The fourth-order valence-electron chi connectivity index (χ4n) is 2.68. The maximum atomic E-state index is 12.9. The first kappa shape index (κ1) is 21.3. The second-order valence-corrected chi connectivity index (χ2v) is 7.70. The van der Waals surface area contributed by atoms with Crippen molar-refractivity contribution < 1.29 is 14.3 Å². The molecule has 1 aromatic heterocycles. The molecule has 0 fully saturated rings. The number of rotatable bonds is 7. The Labute approximate surface area is 178 Å². The summed E-state index contributed by atoms with van der Waals surface area (Å²) in [6, 6.07) is 15.8. The lowest BCUT2D eigenvalue weighted by atomic mass is 10.1. The summed E-state index contributed by atoms with van der Waals surface area (Å²) in [6.45, 7) is 0. The second kappa shape index (κ2) is 9.84. The zero-order valence-electron chi connectivity index (χ0n) is 17.0. The van der Waals surface area contributed by atoms with E-state index in [9.17, 15) is 9.59 Å². The summed E-state index contributed by atoms with van der Waals surface area (Å²) >= 11 is 1.25. The zero-order chi connectivity index (χ0) is 21.5. The number of hydrogen-bond acceptors (Lipinski definition) is 6. The first-order valence-electron chi connectivity index (χ1n) is 9.27. The van der Waals surface area contributed by atoms with Crippen molar-refractivity contribution in [2.45, 2.75) is 12.5 Å². The summed E-state index contributed by atoms with van der Waals surface area (Å²) in [6.07, 6.45) is 0.355. The average molecular weight is 426 g/mol. The summed E-state index contributed by atoms with van der Waals surface area (Å²) in [5, 5.41) is 14.7. The van der Waals surface area contributed by atoms with Crippen LogP contribution in [0.2, 0.25) is 0 Å². The van der Waals surface area contributed by atoms with E-state index in [0.29, 0.717) is 22.3 Å². The lowest BCUT2D eigenvalue weighted by Gasteiger charge is -2.20. The number of nitrogens with zero attached hydrogens (tertiary/aromatic N) is 3. The van der Waals surface area contributed by atoms with Crippen molar-refractivity contribution >= 4 is 28.4 Å². The van der Waals surface area contributed by atoms with Gasteiger partial charge in [-0.3, -0.25) is 10.1 Å². The zero-order valence-corrected chi connectivity index (χ0v) is 17.8. The van der Waals surface area contributed by atoms with E-state index in [1.54, 1.807) is 21.2 Å². The molecule has 1 atom stereocenters. The van der Waals surface area contributed by atoms with Gasteiger partial charge in [0.2, 0.25) is 11.0 Å². The van der Waals surface area contributed by atoms with Crippen LogP contribution in [0.3, 0.4) is 0 Å². The minimum atomic E-state index is -0.758. The molecule has 1 heterocycles. The van der Waals surface area contributed by atoms with Gasteiger partial charge in [-0.25, -0.2) is 4.79 Å². The highest BCUT2D eigenvalue weighted by Gasteiger charge is 2.23. The number of nitrogens with one attached hydrogen (secondary N) is 2. The standard InChI is InChI=1S/C21H23N5O3S/c1-26(2)21(28)22-17(12-14-8-5-4-6-9-14)18(27)23-20-25-24-19(30-20)15-10-7-11-16(13-15)29-3/h4-11,13,17H,12H2,1-3H3,(H,22,28)(H,23,25,27). The Morgan fingerprint density at radius 1 is 1.10 bits per heavy atom. The average Bonchev–Trinajstić information content (AvgIpc) is 3.22. The van der Waals surface area contributed by atoms with Crippen molar-refractivity contribution in [2.24, 2.45) is 0 Å². The van der Waals surface area contributed by atoms with Crippen LogP contribution in [0.5, 0.6) is 5.75 Å². The Morgan fingerprint density at radius 3 is 2.57 bits per heavy atom. The van der Waals surface area contributed by atoms with Crippen LogP contribution in [-0.4, -0.2) is 54.3 Å². The highest BCUT2D eigenvalue weighted by atomic mass is 32.1. The van der Waals surface area contributed by atoms with E-state index in [0.717, 1.165) is 11.1 Å². The van der Waals surface area contributed by atoms with E-state index in [1.807, 2.05) is 54.6 Å². The minimum Gasteiger partial charge on any atom is -0.497 e. The summed E-state index contributed by atoms with van der Waals surface area (Å²) in [5.74, 6) is 0.352. The maximum absolute atomic E-state index is 12.9. The molecule has 2 aromatic carbocycles. The third-order valence-corrected chi connectivity index (χ3v) is 5.16. The number of carbonyl (C=O) groups is 2. The minimum absolute atomic E-state index is 0.347. The molecule has 0 radical (unpaired) electrons. The van der Waals surface area contributed by atoms with Gasteiger partial charge in [0, 0.05) is 26.1 Å². The Balaban J connectivity index is 1.74. The van der Waals surface area contributed by atoms with Gasteiger partial charge in [0.15, 0.2) is 0 Å². The molecule has 9 heteroatoms. The van der Waals surface area contributed by atoms with Crippen molar-refractivity contribution in [2.75, 3.05) is 26.5 Å². The number of benzene rings is 2. The van der Waals surface area contributed by atoms with Gasteiger partial charge >= 0.3 is 6.03 Å². The van der Waals surface area contributed by atoms with Crippen molar-refractivity contribution in [3.05, 3.63) is 60.2 Å². The Kier molecular flexibility index (Phi) is 6.97. The van der Waals surface area contributed by atoms with Gasteiger partial charge in [-0.2, -0.15) is 0 Å². The second-order valence-electron chi connectivity index (χ2n) is 6.72. The van der Waals surface area contributed by atoms with E-state index in [2.05, 4.69) is 20.8 Å². The molecule has 3 rings (SSSR count). The van der Waals surface area contributed by atoms with Crippen LogP contribution in [0, 0.1) is 0 Å². The number of amides is 3. The molecular formula is C21H23N5O3S. The fourth-order valence-corrected chi connectivity index (χ4v) is 3.42. The summed E-state index contributed by atoms with van der Waals surface area (Å²) < 4.78 is 5.23. The van der Waals surface area contributed by atoms with Crippen molar-refractivity contribution in [1.82, 2.24) is 20.4 Å². The van der Waals surface area contributed by atoms with Gasteiger partial charge in [-0.05, 0) is 17.7 Å². The molecule has 30 heavy (non-hydrogen) atoms. The Morgan fingerprint density at radius 2 is 1.87 bits per heavy atom. The van der Waals surface area contributed by atoms with E-state index in [4.69, 9.17) is 4.74 Å². The molecule has 0 aliphatic heterocycles. The number of aromatic nitrogens is 2. The molecular weight excluding hydrogens is 402 g/mol. The van der Waals surface area contributed by atoms with Crippen LogP contribution in [0.25, 0.3) is 10.6 Å². The number of methoxy groups -OCH3 is 1. The monoisotopic (exact) mass is 425 g/mol. The topological polar surface area (TPSA) is 96.5 Å². The van der Waals surface area contributed by atoms with Crippen LogP contribution in [-0.2, 0) is 11.2 Å². The molecule has 3 amide bonds. The lowest BCUT2D eigenvalue weighted by Crippen LogP contribution is -2.48. The van der Waals surface area contributed by atoms with Crippen molar-refractivity contribution in [1.29, 1.82) is 0 Å². The highest BCUT2D eigenvalue weighted by Crippen LogP contribution is 2.28. The number of hydrogen-bond donors (Lipinski definition) is 2. The van der Waals surface area contributed by atoms with Gasteiger partial charge in [0.1, 0.15) is 16.8 Å². The SMILES string of the molecule is COc1cccc(-c2nnc(NC(=O)C(Cc3ccccc3)NC(=O)N(C)C)s2)c1. The predicted octanol–water partition coefficient (Wildman–Crippen LogP) is 3.03. The van der Waals surface area contributed by atoms with Crippen molar-refractivity contribution in [3.63, 3.8) is 0 Å². The van der Waals surface area contributed by atoms with Crippen LogP contribution in [0.15, 0.2) is 54.6 Å². The molecule has 2 N–H and O–H groups in total. The van der Waals surface area contributed by atoms with Gasteiger partial charge in [0.25, 0.3) is 0 Å². The van der Waals surface area contributed by atoms with E-state index >= 15 is 0 Å². The number of urea groups is 1. The normalized spacial score (nSPS) is 11.4. The predicted molar refractivity (Wildman–Crippen MR) is 117 cm³/mol. The lowest BCUT2D eigenvalue weighted by molar-refractivity contribution is -0.117. The molecule has 156 valence electrons. The molecule has 0 saturated carbocycles. The Bertz CT molecular complexity index is 1010. The van der Waals surface area contributed by atoms with Crippen LogP contribution >= 0.6 is 11.3 Å². The molecule has 8 nitrogen and oxygen atoms in total. The molecule has 0 spiro atoms. The van der Waals surface area contributed by atoms with E-state index in [1.165, 1.54) is 16.2 Å². The van der Waals surface area contributed by atoms with Crippen LogP contribution < -0.4 is 15.4 Å². The van der Waals surface area contributed by atoms with Gasteiger partial charge < -0.3 is 15.0 Å². The van der Waals surface area contributed by atoms with Gasteiger partial charge in [0.05, 0.1) is 7.11 Å². The number of carbonyl (C=O) groups excluding carboxylic acids is 2. The van der Waals surface area contributed by atoms with Crippen molar-refractivity contribution in [3.8, 4) is 16.3 Å².